The molecule has 8 nitrogen and oxygen atoms in total. The largest absolute Gasteiger partial charge is 0.455 e. The maximum atomic E-state index is 13.7. The van der Waals surface area contributed by atoms with Crippen LogP contribution in [0.2, 0.25) is 0 Å². The summed E-state index contributed by atoms with van der Waals surface area (Å²) in [6.45, 7) is 3.38. The van der Waals surface area contributed by atoms with E-state index in [1.807, 2.05) is 59.7 Å². The summed E-state index contributed by atoms with van der Waals surface area (Å²) in [5.41, 5.74) is 13.7. The van der Waals surface area contributed by atoms with Gasteiger partial charge >= 0.3 is 0 Å². The summed E-state index contributed by atoms with van der Waals surface area (Å²) in [6.07, 6.45) is 4.38. The van der Waals surface area contributed by atoms with Crippen LogP contribution in [0.1, 0.15) is 55.6 Å². The number of hydrogen-bond acceptors (Lipinski definition) is 8. The van der Waals surface area contributed by atoms with Crippen LogP contribution in [0, 0.1) is 5.92 Å². The Morgan fingerprint density at radius 2 is 1.87 bits per heavy atom. The Kier molecular flexibility index (Phi) is 8.45. The van der Waals surface area contributed by atoms with Crippen LogP contribution in [0.5, 0.6) is 0 Å². The molecule has 5 rings (SSSR count). The van der Waals surface area contributed by atoms with Gasteiger partial charge in [0.1, 0.15) is 12.1 Å². The van der Waals surface area contributed by atoms with Gasteiger partial charge in [0.05, 0.1) is 12.1 Å². The first kappa shape index (κ1) is 26.8. The molecule has 1 saturated heterocycles. The first-order valence-corrected chi connectivity index (χ1v) is 14.7. The number of aryl methyl sites for hydroxylation is 1. The zero-order valence-corrected chi connectivity index (χ0v) is 22.9. The second-order valence-electron chi connectivity index (χ2n) is 10.8. The van der Waals surface area contributed by atoms with E-state index in [0.717, 1.165) is 31.2 Å². The first-order valence-electron chi connectivity index (χ1n) is 13.8. The van der Waals surface area contributed by atoms with Crippen LogP contribution in [-0.4, -0.2) is 71.3 Å². The van der Waals surface area contributed by atoms with Crippen LogP contribution in [0.4, 0.5) is 0 Å². The summed E-state index contributed by atoms with van der Waals surface area (Å²) in [5.74, 6) is 0.0437. The number of amides is 1. The highest BCUT2D eigenvalue weighted by atomic mass is 32.1. The van der Waals surface area contributed by atoms with E-state index in [2.05, 4.69) is 0 Å². The molecule has 1 aromatic heterocycles. The molecule has 204 valence electrons. The fraction of sp³-hybridized carbons (Fsp3) is 0.552. The van der Waals surface area contributed by atoms with Gasteiger partial charge in [0.2, 0.25) is 5.91 Å². The number of ketones is 1. The van der Waals surface area contributed by atoms with E-state index in [1.165, 1.54) is 4.88 Å². The number of amidine groups is 1. The fourth-order valence-electron chi connectivity index (χ4n) is 5.89. The Balaban J connectivity index is 1.30. The lowest BCUT2D eigenvalue weighted by Gasteiger charge is -2.43. The second kappa shape index (κ2) is 12.0. The summed E-state index contributed by atoms with van der Waals surface area (Å²) in [6, 6.07) is 13.7. The van der Waals surface area contributed by atoms with Crippen LogP contribution in [0.25, 0.3) is 0 Å². The van der Waals surface area contributed by atoms with E-state index in [-0.39, 0.29) is 35.8 Å². The van der Waals surface area contributed by atoms with Gasteiger partial charge < -0.3 is 26.0 Å². The van der Waals surface area contributed by atoms with E-state index in [4.69, 9.17) is 21.2 Å². The van der Waals surface area contributed by atoms with Gasteiger partial charge in [0, 0.05) is 37.0 Å². The number of aliphatic imine (C=N–C) groups is 1. The molecule has 0 unspecified atom stereocenters. The average molecular weight is 538 g/mol. The summed E-state index contributed by atoms with van der Waals surface area (Å²) < 4.78 is 6.32. The third-order valence-corrected chi connectivity index (χ3v) is 9.16. The van der Waals surface area contributed by atoms with Gasteiger partial charge in [-0.15, -0.1) is 11.3 Å². The number of benzene rings is 1. The molecule has 1 amide bonds. The van der Waals surface area contributed by atoms with Crippen LogP contribution in [-0.2, 0) is 20.7 Å². The lowest BCUT2D eigenvalue weighted by Crippen LogP contribution is -2.63. The highest BCUT2D eigenvalue weighted by molar-refractivity contribution is 7.09. The Hall–Kier alpha value is -2.75. The predicted molar refractivity (Wildman–Crippen MR) is 150 cm³/mol. The summed E-state index contributed by atoms with van der Waals surface area (Å²) in [5, 5.41) is 2.02. The average Bonchev–Trinajstić information content (AvgIpc) is 3.61. The monoisotopic (exact) mass is 537 g/mol. The van der Waals surface area contributed by atoms with Crippen molar-refractivity contribution in [3.8, 4) is 0 Å². The zero-order chi connectivity index (χ0) is 26.6. The number of piperazine rings is 1. The summed E-state index contributed by atoms with van der Waals surface area (Å²) in [7, 11) is 0. The van der Waals surface area contributed by atoms with Gasteiger partial charge in [0.25, 0.3) is 6.02 Å². The van der Waals surface area contributed by atoms with Crippen molar-refractivity contribution in [3.05, 3.63) is 58.3 Å². The van der Waals surface area contributed by atoms with Crippen molar-refractivity contribution in [2.75, 3.05) is 19.6 Å². The Morgan fingerprint density at radius 1 is 1.11 bits per heavy atom. The maximum absolute atomic E-state index is 13.7. The molecule has 0 spiro atoms. The second-order valence-corrected chi connectivity index (χ2v) is 11.9. The van der Waals surface area contributed by atoms with Gasteiger partial charge in [-0.1, -0.05) is 36.4 Å². The molecule has 2 fully saturated rings. The smallest absolute Gasteiger partial charge is 0.288 e. The topological polar surface area (TPSA) is 114 Å². The van der Waals surface area contributed by atoms with Gasteiger partial charge in [0.15, 0.2) is 5.78 Å². The van der Waals surface area contributed by atoms with Gasteiger partial charge in [-0.2, -0.15) is 0 Å². The molecule has 2 aliphatic heterocycles. The molecular formula is C29H39N5O3S. The standard InChI is InChI=1S/C29H39N5O3S/c1-19-27(21-6-3-2-4-7-21)37-29(32-19)33-15-16-34(28(36)26(31)20-9-11-22(30)12-10-20)24(18-33)25(35)14-13-23-8-5-17-38-23/h2-8,17,19-20,22,24,26-27H,9-16,18,30-31H2,1H3/t19-,20?,22?,24-,26+,27+/m0/s1. The number of hydrogen-bond donors (Lipinski definition) is 2. The Morgan fingerprint density at radius 3 is 2.58 bits per heavy atom. The Bertz CT molecular complexity index is 1120. The van der Waals surface area contributed by atoms with Crippen LogP contribution in [0.3, 0.4) is 0 Å². The first-order chi connectivity index (χ1) is 18.4. The van der Waals surface area contributed by atoms with Crippen molar-refractivity contribution >= 4 is 29.0 Å². The van der Waals surface area contributed by atoms with Gasteiger partial charge in [-0.05, 0) is 62.0 Å². The number of nitrogens with two attached hydrogens (primary N) is 2. The highest BCUT2D eigenvalue weighted by Gasteiger charge is 2.42. The third kappa shape index (κ3) is 5.95. The van der Waals surface area contributed by atoms with Crippen LogP contribution >= 0.6 is 11.3 Å². The third-order valence-electron chi connectivity index (χ3n) is 8.23. The molecule has 9 heteroatoms. The number of thiophene rings is 1. The zero-order valence-electron chi connectivity index (χ0n) is 22.1. The molecule has 4 N–H and O–H groups in total. The Labute approximate surface area is 229 Å². The molecule has 4 atom stereocenters. The predicted octanol–water partition coefficient (Wildman–Crippen LogP) is 3.12. The van der Waals surface area contributed by atoms with Crippen LogP contribution < -0.4 is 11.5 Å². The van der Waals surface area contributed by atoms with E-state index in [0.29, 0.717) is 38.5 Å². The van der Waals surface area contributed by atoms with Crippen molar-refractivity contribution in [3.63, 3.8) is 0 Å². The van der Waals surface area contributed by atoms with Crippen molar-refractivity contribution in [1.29, 1.82) is 0 Å². The van der Waals surface area contributed by atoms with Gasteiger partial charge in [-0.3, -0.25) is 9.59 Å². The van der Waals surface area contributed by atoms with Gasteiger partial charge in [-0.25, -0.2) is 4.99 Å². The number of nitrogens with zero attached hydrogens (tertiary/aromatic N) is 3. The summed E-state index contributed by atoms with van der Waals surface area (Å²) >= 11 is 1.65. The maximum Gasteiger partial charge on any atom is 0.288 e. The van der Waals surface area contributed by atoms with Crippen molar-refractivity contribution in [2.24, 2.45) is 22.4 Å². The normalized spacial score (nSPS) is 28.5. The number of carbonyl (C=O) groups is 2. The molecule has 0 radical (unpaired) electrons. The minimum atomic E-state index is -0.607. The number of rotatable bonds is 7. The molecule has 1 aromatic carbocycles. The van der Waals surface area contributed by atoms with Crippen LogP contribution in [0.15, 0.2) is 52.8 Å². The molecule has 2 aromatic rings. The number of carbonyl (C=O) groups excluding carboxylic acids is 2. The number of ether oxygens (including phenoxy) is 1. The fourth-order valence-corrected chi connectivity index (χ4v) is 6.60. The molecule has 0 bridgehead atoms. The molecule has 1 saturated carbocycles. The molecular weight excluding hydrogens is 498 g/mol. The molecule has 1 aliphatic carbocycles. The lowest BCUT2D eigenvalue weighted by atomic mass is 9.81. The van der Waals surface area contributed by atoms with E-state index in [9.17, 15) is 9.59 Å². The molecule has 3 aliphatic rings. The summed E-state index contributed by atoms with van der Waals surface area (Å²) in [4.78, 5) is 37.0. The van der Waals surface area contributed by atoms with Crippen molar-refractivity contribution < 1.29 is 14.3 Å². The minimum Gasteiger partial charge on any atom is -0.455 e. The molecule has 38 heavy (non-hydrogen) atoms. The molecule has 3 heterocycles. The van der Waals surface area contributed by atoms with Crippen molar-refractivity contribution in [1.82, 2.24) is 9.80 Å². The van der Waals surface area contributed by atoms with E-state index >= 15 is 0 Å². The van der Waals surface area contributed by atoms with E-state index in [1.54, 1.807) is 16.2 Å². The minimum absolute atomic E-state index is 0.0360. The van der Waals surface area contributed by atoms with Crippen molar-refractivity contribution in [2.45, 2.75) is 75.7 Å². The SMILES string of the molecule is C[C@@H]1N=C(N2CCN(C(=O)[C@H](N)C3CCC(N)CC3)[C@H](C(=O)CCc3cccs3)C2)O[C@H]1c1ccccc1. The van der Waals surface area contributed by atoms with E-state index < -0.39 is 12.1 Å². The quantitative estimate of drug-likeness (QED) is 0.561. The number of Topliss-reactive ketones (excluding diaryl/α,β-unsaturated/α-hetero) is 1. The lowest BCUT2D eigenvalue weighted by molar-refractivity contribution is -0.144. The highest BCUT2D eigenvalue weighted by Crippen LogP contribution is 2.31.